The number of alkyl halides is 3. The van der Waals surface area contributed by atoms with Gasteiger partial charge in [-0.15, -0.1) is 0 Å². The van der Waals surface area contributed by atoms with Crippen molar-refractivity contribution in [2.75, 3.05) is 0 Å². The van der Waals surface area contributed by atoms with Gasteiger partial charge in [-0.25, -0.2) is 4.79 Å². The minimum absolute atomic E-state index is 0.362. The van der Waals surface area contributed by atoms with Crippen molar-refractivity contribution >= 4 is 22.9 Å². The van der Waals surface area contributed by atoms with Crippen molar-refractivity contribution < 1.29 is 27.6 Å². The zero-order valence-corrected chi connectivity index (χ0v) is 10.7. The molecule has 18 heavy (non-hydrogen) atoms. The number of carboxylic acid groups (broad SMARTS) is 1. The fourth-order valence-corrected chi connectivity index (χ4v) is 1.85. The predicted molar refractivity (Wildman–Crippen MR) is 61.3 cm³/mol. The molecule has 3 N–H and O–H groups in total. The van der Waals surface area contributed by atoms with Crippen molar-refractivity contribution in [1.82, 2.24) is 0 Å². The number of carbonyl (C=O) groups is 1. The van der Waals surface area contributed by atoms with Gasteiger partial charge in [0.1, 0.15) is 0 Å². The van der Waals surface area contributed by atoms with Crippen LogP contribution in [0, 0.1) is 0 Å². The summed E-state index contributed by atoms with van der Waals surface area (Å²) < 4.78 is 42.8. The van der Waals surface area contributed by atoms with E-state index >= 15 is 0 Å². The molecule has 0 aromatic carbocycles. The summed E-state index contributed by atoms with van der Waals surface area (Å²) in [7, 11) is 0. The Bertz CT molecular complexity index is 391. The summed E-state index contributed by atoms with van der Waals surface area (Å²) in [5, 5.41) is 7.49. The highest BCUT2D eigenvalue weighted by Crippen LogP contribution is 2.26. The lowest BCUT2D eigenvalue weighted by molar-refractivity contribution is -0.192. The molecule has 0 bridgehead atoms. The maximum absolute atomic E-state index is 11.5. The second kappa shape index (κ2) is 5.61. The van der Waals surface area contributed by atoms with Gasteiger partial charge in [0.05, 0.1) is 11.9 Å². The highest BCUT2D eigenvalue weighted by atomic mass is 32.2. The van der Waals surface area contributed by atoms with E-state index in [1.54, 1.807) is 0 Å². The quantitative estimate of drug-likeness (QED) is 0.657. The highest BCUT2D eigenvalue weighted by molar-refractivity contribution is 7.97. The number of hydrogen-bond acceptors (Lipinski definition) is 4. The Labute approximate surface area is 105 Å². The molecule has 1 aliphatic heterocycles. The second-order valence-electron chi connectivity index (χ2n) is 3.83. The molecule has 0 aliphatic carbocycles. The zero-order valence-electron chi connectivity index (χ0n) is 9.91. The maximum Gasteiger partial charge on any atom is 0.490 e. The van der Waals surface area contributed by atoms with Gasteiger partial charge in [0.25, 0.3) is 0 Å². The van der Waals surface area contributed by atoms with Crippen molar-refractivity contribution in [2.24, 2.45) is 10.7 Å². The number of carboxylic acids is 1. The molecule has 9 heteroatoms. The van der Waals surface area contributed by atoms with Crippen LogP contribution in [0.1, 0.15) is 20.8 Å². The van der Waals surface area contributed by atoms with Gasteiger partial charge in [-0.1, -0.05) is 0 Å². The van der Waals surface area contributed by atoms with Gasteiger partial charge in [0, 0.05) is 11.2 Å². The second-order valence-corrected chi connectivity index (χ2v) is 5.86. The average molecular weight is 286 g/mol. The number of hydrogen-bond donors (Lipinski definition) is 2. The van der Waals surface area contributed by atoms with Crippen LogP contribution in [-0.2, 0) is 16.0 Å². The van der Waals surface area contributed by atoms with Gasteiger partial charge < -0.3 is 15.4 Å². The molecule has 0 fully saturated rings. The first kappa shape index (κ1) is 16.8. The third kappa shape index (κ3) is 4.22. The molecule has 104 valence electrons. The Morgan fingerprint density at radius 3 is 2.22 bits per heavy atom. The molecule has 0 aromatic rings. The van der Waals surface area contributed by atoms with E-state index in [0.29, 0.717) is 5.03 Å². The van der Waals surface area contributed by atoms with E-state index in [9.17, 15) is 17.7 Å². The Morgan fingerprint density at radius 1 is 1.56 bits per heavy atom. The van der Waals surface area contributed by atoms with Gasteiger partial charge in [0.15, 0.2) is 4.75 Å². The SMILES string of the molecule is CC1=NC=C(N)[S+]([O-])C1(C)C.O=C(O)C(F)(F)F. The van der Waals surface area contributed by atoms with E-state index in [4.69, 9.17) is 15.6 Å². The first-order valence-corrected chi connectivity index (χ1v) is 5.78. The molecular formula is C9H13F3N2O3S. The Kier molecular flexibility index (Phi) is 5.23. The fraction of sp³-hybridized carbons (Fsp3) is 0.556. The smallest absolute Gasteiger partial charge is 0.490 e. The predicted octanol–water partition coefficient (Wildman–Crippen LogP) is 1.38. The van der Waals surface area contributed by atoms with Crippen LogP contribution in [0.3, 0.4) is 0 Å². The molecule has 1 unspecified atom stereocenters. The maximum atomic E-state index is 11.5. The zero-order chi connectivity index (χ0) is 14.7. The molecule has 1 rings (SSSR count). The lowest BCUT2D eigenvalue weighted by Crippen LogP contribution is -2.43. The molecule has 5 nitrogen and oxygen atoms in total. The topological polar surface area (TPSA) is 98.7 Å². The van der Waals surface area contributed by atoms with E-state index in [0.717, 1.165) is 5.71 Å². The summed E-state index contributed by atoms with van der Waals surface area (Å²) in [6.07, 6.45) is -3.61. The van der Waals surface area contributed by atoms with Gasteiger partial charge >= 0.3 is 12.1 Å². The van der Waals surface area contributed by atoms with Crippen LogP contribution in [0.25, 0.3) is 0 Å². The van der Waals surface area contributed by atoms with E-state index in [1.165, 1.54) is 6.20 Å². The summed E-state index contributed by atoms with van der Waals surface area (Å²) in [6, 6.07) is 0. The van der Waals surface area contributed by atoms with Crippen LogP contribution in [0.4, 0.5) is 13.2 Å². The van der Waals surface area contributed by atoms with Gasteiger partial charge in [-0.05, 0) is 20.8 Å². The highest BCUT2D eigenvalue weighted by Gasteiger charge is 2.39. The number of rotatable bonds is 0. The molecule has 1 heterocycles. The van der Waals surface area contributed by atoms with Crippen molar-refractivity contribution in [3.8, 4) is 0 Å². The number of nitrogens with zero attached hydrogens (tertiary/aromatic N) is 1. The Hall–Kier alpha value is -1.22. The van der Waals surface area contributed by atoms with E-state index in [2.05, 4.69) is 4.99 Å². The van der Waals surface area contributed by atoms with Crippen molar-refractivity contribution in [3.05, 3.63) is 11.2 Å². The molecule has 0 saturated heterocycles. The molecule has 1 atom stereocenters. The normalized spacial score (nSPS) is 22.3. The van der Waals surface area contributed by atoms with Gasteiger partial charge in [-0.3, -0.25) is 4.99 Å². The lowest BCUT2D eigenvalue weighted by Gasteiger charge is -2.29. The van der Waals surface area contributed by atoms with E-state index < -0.39 is 28.1 Å². The van der Waals surface area contributed by atoms with E-state index in [-0.39, 0.29) is 0 Å². The van der Waals surface area contributed by atoms with Crippen molar-refractivity contribution in [2.45, 2.75) is 31.7 Å². The van der Waals surface area contributed by atoms with Crippen LogP contribution in [-0.4, -0.2) is 32.3 Å². The standard InChI is InChI=1S/C7H12N2OS.C2HF3O2/c1-5-7(2,3)11(10)6(8)4-9-5;3-2(4,5)1(6)7/h4H,8H2,1-3H3;(H,6,7). The van der Waals surface area contributed by atoms with Crippen LogP contribution in [0.5, 0.6) is 0 Å². The molecule has 0 spiro atoms. The molecular weight excluding hydrogens is 273 g/mol. The first-order valence-electron chi connectivity index (χ1n) is 4.63. The largest absolute Gasteiger partial charge is 0.610 e. The Morgan fingerprint density at radius 2 is 1.94 bits per heavy atom. The molecule has 0 saturated carbocycles. The lowest BCUT2D eigenvalue weighted by atomic mass is 10.1. The summed E-state index contributed by atoms with van der Waals surface area (Å²) in [5.41, 5.74) is 6.34. The monoisotopic (exact) mass is 286 g/mol. The van der Waals surface area contributed by atoms with Crippen LogP contribution in [0.15, 0.2) is 16.2 Å². The van der Waals surface area contributed by atoms with Crippen molar-refractivity contribution in [1.29, 1.82) is 0 Å². The average Bonchev–Trinajstić information content (AvgIpc) is 2.21. The third-order valence-electron chi connectivity index (χ3n) is 2.18. The minimum Gasteiger partial charge on any atom is -0.610 e. The number of halogens is 3. The van der Waals surface area contributed by atoms with Gasteiger partial charge in [-0.2, -0.15) is 13.2 Å². The molecule has 1 aliphatic rings. The van der Waals surface area contributed by atoms with Crippen LogP contribution >= 0.6 is 0 Å². The molecule has 0 aromatic heterocycles. The summed E-state index contributed by atoms with van der Waals surface area (Å²) in [6.45, 7) is 5.62. The summed E-state index contributed by atoms with van der Waals surface area (Å²) in [5.74, 6) is -2.76. The van der Waals surface area contributed by atoms with E-state index in [1.807, 2.05) is 20.8 Å². The number of nitrogens with two attached hydrogens (primary N) is 1. The molecule has 0 radical (unpaired) electrons. The minimum atomic E-state index is -5.08. The number of aliphatic imine (C=N–C) groups is 1. The third-order valence-corrected chi connectivity index (χ3v) is 3.93. The Balaban J connectivity index is 0.000000360. The number of aliphatic carboxylic acids is 1. The summed E-state index contributed by atoms with van der Waals surface area (Å²) in [4.78, 5) is 12.9. The van der Waals surface area contributed by atoms with Crippen molar-refractivity contribution in [3.63, 3.8) is 0 Å². The summed E-state index contributed by atoms with van der Waals surface area (Å²) >= 11 is -1.12. The van der Waals surface area contributed by atoms with Gasteiger partial charge in [0.2, 0.25) is 5.03 Å². The van der Waals surface area contributed by atoms with Crippen LogP contribution in [0.2, 0.25) is 0 Å². The van der Waals surface area contributed by atoms with Crippen LogP contribution < -0.4 is 5.73 Å². The first-order chi connectivity index (χ1) is 7.90. The molecule has 0 amide bonds. The fourth-order valence-electron chi connectivity index (χ4n) is 0.793.